The zero-order chi connectivity index (χ0) is 16.2. The van der Waals surface area contributed by atoms with Gasteiger partial charge < -0.3 is 5.32 Å². The molecule has 2 nitrogen and oxygen atoms in total. The smallest absolute Gasteiger partial charge is 0.234 e. The Bertz CT molecular complexity index is 641. The van der Waals surface area contributed by atoms with Gasteiger partial charge in [0, 0.05) is 10.6 Å². The summed E-state index contributed by atoms with van der Waals surface area (Å²) in [6, 6.07) is 16.2. The van der Waals surface area contributed by atoms with Gasteiger partial charge in [-0.2, -0.15) is 0 Å². The number of hydrogen-bond donors (Lipinski definition) is 1. The van der Waals surface area contributed by atoms with Crippen molar-refractivity contribution in [1.82, 2.24) is 0 Å². The molecular weight excluding hydrogens is 290 g/mol. The van der Waals surface area contributed by atoms with Gasteiger partial charge in [0.05, 0.1) is 5.75 Å². The Kier molecular flexibility index (Phi) is 5.30. The average molecular weight is 313 g/mol. The van der Waals surface area contributed by atoms with Crippen molar-refractivity contribution in [3.8, 4) is 0 Å². The number of thioether (sulfide) groups is 1. The molecule has 2 rings (SSSR count). The number of amides is 1. The molecule has 0 aliphatic heterocycles. The summed E-state index contributed by atoms with van der Waals surface area (Å²) in [5.41, 5.74) is 3.30. The molecule has 2 aromatic rings. The first-order chi connectivity index (χ1) is 10.4. The minimum Gasteiger partial charge on any atom is -0.325 e. The predicted octanol–water partition coefficient (Wildman–Crippen LogP) is 5.02. The monoisotopic (exact) mass is 313 g/mol. The maximum Gasteiger partial charge on any atom is 0.234 e. The van der Waals surface area contributed by atoms with E-state index in [4.69, 9.17) is 0 Å². The summed E-state index contributed by atoms with van der Waals surface area (Å²) in [7, 11) is 0. The van der Waals surface area contributed by atoms with Gasteiger partial charge in [-0.25, -0.2) is 0 Å². The molecular formula is C19H23NOS. The lowest BCUT2D eigenvalue weighted by Gasteiger charge is -2.23. The van der Waals surface area contributed by atoms with Crippen LogP contribution in [-0.2, 0) is 10.2 Å². The highest BCUT2D eigenvalue weighted by atomic mass is 32.2. The van der Waals surface area contributed by atoms with Gasteiger partial charge >= 0.3 is 0 Å². The summed E-state index contributed by atoms with van der Waals surface area (Å²) in [6.45, 7) is 8.52. The van der Waals surface area contributed by atoms with Crippen molar-refractivity contribution in [3.05, 3.63) is 59.7 Å². The highest BCUT2D eigenvalue weighted by molar-refractivity contribution is 8.00. The van der Waals surface area contributed by atoms with E-state index in [0.29, 0.717) is 5.75 Å². The Labute approximate surface area is 137 Å². The summed E-state index contributed by atoms with van der Waals surface area (Å²) < 4.78 is 0. The lowest BCUT2D eigenvalue weighted by molar-refractivity contribution is -0.113. The van der Waals surface area contributed by atoms with E-state index in [1.807, 2.05) is 18.2 Å². The van der Waals surface area contributed by atoms with Crippen LogP contribution in [0.15, 0.2) is 53.4 Å². The summed E-state index contributed by atoms with van der Waals surface area (Å²) in [5, 5.41) is 3.04. The molecule has 0 fully saturated rings. The van der Waals surface area contributed by atoms with Crippen LogP contribution >= 0.6 is 11.8 Å². The summed E-state index contributed by atoms with van der Waals surface area (Å²) in [6.07, 6.45) is 0. The lowest BCUT2D eigenvalue weighted by Crippen LogP contribution is -2.19. The second-order valence-electron chi connectivity index (χ2n) is 6.45. The van der Waals surface area contributed by atoms with Crippen LogP contribution < -0.4 is 5.32 Å². The van der Waals surface area contributed by atoms with Crippen LogP contribution in [0.4, 0.5) is 5.69 Å². The van der Waals surface area contributed by atoms with Crippen LogP contribution in [0.3, 0.4) is 0 Å². The molecule has 0 aromatic heterocycles. The molecule has 0 atom stereocenters. The molecule has 2 aromatic carbocycles. The van der Waals surface area contributed by atoms with Crippen molar-refractivity contribution in [1.29, 1.82) is 0 Å². The van der Waals surface area contributed by atoms with E-state index < -0.39 is 0 Å². The molecule has 0 unspecified atom stereocenters. The quantitative estimate of drug-likeness (QED) is 0.803. The standard InChI is InChI=1S/C19H23NOS/c1-14-9-11-15(12-10-14)22-13-18(21)20-17-8-6-5-7-16(17)19(2,3)4/h5-12H,13H2,1-4H3,(H,20,21). The van der Waals surface area contributed by atoms with Crippen molar-refractivity contribution in [2.24, 2.45) is 0 Å². The first-order valence-corrected chi connectivity index (χ1v) is 8.43. The number of benzene rings is 2. The van der Waals surface area contributed by atoms with E-state index in [-0.39, 0.29) is 11.3 Å². The van der Waals surface area contributed by atoms with Crippen LogP contribution in [0.1, 0.15) is 31.9 Å². The van der Waals surface area contributed by atoms with Crippen molar-refractivity contribution < 1.29 is 4.79 Å². The Morgan fingerprint density at radius 2 is 1.68 bits per heavy atom. The summed E-state index contributed by atoms with van der Waals surface area (Å²) in [5.74, 6) is 0.448. The van der Waals surface area contributed by atoms with Crippen LogP contribution in [0.2, 0.25) is 0 Å². The van der Waals surface area contributed by atoms with Gasteiger partial charge in [0.15, 0.2) is 0 Å². The molecule has 0 bridgehead atoms. The Morgan fingerprint density at radius 3 is 2.32 bits per heavy atom. The van der Waals surface area contributed by atoms with E-state index in [2.05, 4.69) is 63.3 Å². The van der Waals surface area contributed by atoms with E-state index in [9.17, 15) is 4.79 Å². The summed E-state index contributed by atoms with van der Waals surface area (Å²) in [4.78, 5) is 13.3. The Balaban J connectivity index is 1.99. The predicted molar refractivity (Wildman–Crippen MR) is 95.7 cm³/mol. The second kappa shape index (κ2) is 7.01. The molecule has 0 saturated heterocycles. The zero-order valence-electron chi connectivity index (χ0n) is 13.6. The number of carbonyl (C=O) groups excluding carboxylic acids is 1. The highest BCUT2D eigenvalue weighted by Gasteiger charge is 2.18. The third-order valence-corrected chi connectivity index (χ3v) is 4.41. The summed E-state index contributed by atoms with van der Waals surface area (Å²) >= 11 is 1.56. The van der Waals surface area contributed by atoms with Gasteiger partial charge in [-0.15, -0.1) is 11.8 Å². The lowest BCUT2D eigenvalue weighted by atomic mass is 9.86. The van der Waals surface area contributed by atoms with Crippen molar-refractivity contribution in [3.63, 3.8) is 0 Å². The number of carbonyl (C=O) groups is 1. The van der Waals surface area contributed by atoms with E-state index >= 15 is 0 Å². The topological polar surface area (TPSA) is 29.1 Å². The molecule has 1 N–H and O–H groups in total. The van der Waals surface area contributed by atoms with E-state index in [1.54, 1.807) is 11.8 Å². The molecule has 0 radical (unpaired) electrons. The Hall–Kier alpha value is -1.74. The fourth-order valence-corrected chi connectivity index (χ4v) is 2.91. The van der Waals surface area contributed by atoms with Crippen LogP contribution in [0, 0.1) is 6.92 Å². The fraction of sp³-hybridized carbons (Fsp3) is 0.316. The van der Waals surface area contributed by atoms with Crippen LogP contribution in [0.25, 0.3) is 0 Å². The second-order valence-corrected chi connectivity index (χ2v) is 7.49. The number of aryl methyl sites for hydroxylation is 1. The normalized spacial score (nSPS) is 11.3. The molecule has 0 heterocycles. The Morgan fingerprint density at radius 1 is 1.05 bits per heavy atom. The minimum atomic E-state index is 0.00791. The first kappa shape index (κ1) is 16.6. The number of para-hydroxylation sites is 1. The van der Waals surface area contributed by atoms with E-state index in [0.717, 1.165) is 16.1 Å². The van der Waals surface area contributed by atoms with Crippen LogP contribution in [-0.4, -0.2) is 11.7 Å². The molecule has 0 saturated carbocycles. The SMILES string of the molecule is Cc1ccc(SCC(=O)Nc2ccccc2C(C)(C)C)cc1. The van der Waals surface area contributed by atoms with Crippen LogP contribution in [0.5, 0.6) is 0 Å². The fourth-order valence-electron chi connectivity index (χ4n) is 2.22. The van der Waals surface area contributed by atoms with E-state index in [1.165, 1.54) is 5.56 Å². The van der Waals surface area contributed by atoms with Gasteiger partial charge in [0.25, 0.3) is 0 Å². The minimum absolute atomic E-state index is 0.00791. The molecule has 0 aliphatic rings. The molecule has 0 spiro atoms. The average Bonchev–Trinajstić information content (AvgIpc) is 2.46. The number of hydrogen-bond acceptors (Lipinski definition) is 2. The molecule has 3 heteroatoms. The third kappa shape index (κ3) is 4.63. The maximum atomic E-state index is 12.2. The number of rotatable bonds is 4. The van der Waals surface area contributed by atoms with Gasteiger partial charge in [-0.05, 0) is 36.1 Å². The van der Waals surface area contributed by atoms with Gasteiger partial charge in [-0.1, -0.05) is 56.7 Å². The third-order valence-electron chi connectivity index (χ3n) is 3.40. The highest BCUT2D eigenvalue weighted by Crippen LogP contribution is 2.29. The van der Waals surface area contributed by atoms with Gasteiger partial charge in [-0.3, -0.25) is 4.79 Å². The molecule has 1 amide bonds. The van der Waals surface area contributed by atoms with Gasteiger partial charge in [0.1, 0.15) is 0 Å². The number of nitrogens with one attached hydrogen (secondary N) is 1. The zero-order valence-corrected chi connectivity index (χ0v) is 14.5. The van der Waals surface area contributed by atoms with Crippen molar-refractivity contribution >= 4 is 23.4 Å². The largest absolute Gasteiger partial charge is 0.325 e. The molecule has 0 aliphatic carbocycles. The van der Waals surface area contributed by atoms with Crippen molar-refractivity contribution in [2.75, 3.05) is 11.1 Å². The number of anilines is 1. The molecule has 116 valence electrons. The first-order valence-electron chi connectivity index (χ1n) is 7.45. The molecule has 22 heavy (non-hydrogen) atoms. The van der Waals surface area contributed by atoms with Gasteiger partial charge in [0.2, 0.25) is 5.91 Å². The van der Waals surface area contributed by atoms with Crippen molar-refractivity contribution in [2.45, 2.75) is 38.0 Å². The maximum absolute atomic E-state index is 12.2.